The molecule has 0 spiro atoms. The van der Waals surface area contributed by atoms with Crippen LogP contribution < -0.4 is 0 Å². The summed E-state index contributed by atoms with van der Waals surface area (Å²) in [6.07, 6.45) is 34.0. The zero-order valence-corrected chi connectivity index (χ0v) is 22.0. The average Bonchev–Trinajstić information content (AvgIpc) is 2.83. The van der Waals surface area contributed by atoms with Crippen LogP contribution in [0.2, 0.25) is 0 Å². The molecule has 0 unspecified atom stereocenters. The maximum atomic E-state index is 2.93. The van der Waals surface area contributed by atoms with Gasteiger partial charge in [-0.05, 0) is 81.1 Å². The highest BCUT2D eigenvalue weighted by atomic mass is 31.1. The first kappa shape index (κ1) is 24.0. The summed E-state index contributed by atoms with van der Waals surface area (Å²) in [5.41, 5.74) is 4.48. The van der Waals surface area contributed by atoms with Crippen LogP contribution in [0.4, 0.5) is 0 Å². The van der Waals surface area contributed by atoms with E-state index in [9.17, 15) is 0 Å². The van der Waals surface area contributed by atoms with Crippen LogP contribution in [0.25, 0.3) is 0 Å². The molecule has 0 aromatic carbocycles. The molecule has 4 aliphatic carbocycles. The minimum Gasteiger partial charge on any atom is -0.298 e. The minimum absolute atomic E-state index is 0.234. The van der Waals surface area contributed by atoms with E-state index in [0.29, 0.717) is 0 Å². The fourth-order valence-electron chi connectivity index (χ4n) is 7.31. The van der Waals surface area contributed by atoms with Gasteiger partial charge in [0.2, 0.25) is 0 Å². The maximum absolute atomic E-state index is 2.93. The fraction of sp³-hybridized carbons (Fsp3) is 1.00. The van der Waals surface area contributed by atoms with Gasteiger partial charge in [0.05, 0.1) is 0 Å². The summed E-state index contributed by atoms with van der Waals surface area (Å²) in [7, 11) is 3.03. The predicted octanol–water partition coefficient (Wildman–Crippen LogP) is 9.13. The van der Waals surface area contributed by atoms with Crippen molar-refractivity contribution < 1.29 is 0 Å². The number of hydrogen-bond acceptors (Lipinski definition) is 1. The molecule has 0 aliphatic heterocycles. The monoisotopic (exact) mass is 451 g/mol. The third-order valence-electron chi connectivity index (χ3n) is 8.98. The second-order valence-corrected chi connectivity index (χ2v) is 16.9. The smallest absolute Gasteiger partial charge is 0.0189 e. The lowest BCUT2D eigenvalue weighted by molar-refractivity contribution is 0.424. The van der Waals surface area contributed by atoms with Crippen LogP contribution in [-0.2, 0) is 0 Å². The van der Waals surface area contributed by atoms with E-state index in [1.165, 1.54) is 89.6 Å². The van der Waals surface area contributed by atoms with Crippen LogP contribution in [0.3, 0.4) is 0 Å². The van der Waals surface area contributed by atoms with Crippen LogP contribution >= 0.6 is 15.8 Å². The van der Waals surface area contributed by atoms with Gasteiger partial charge in [-0.15, -0.1) is 0 Å². The number of hydrogen-bond donors (Lipinski definition) is 0. The predicted molar refractivity (Wildman–Crippen MR) is 139 cm³/mol. The molecule has 0 saturated heterocycles. The Hall–Kier alpha value is 0.820. The molecule has 4 fully saturated rings. The third kappa shape index (κ3) is 6.91. The first-order valence-electron chi connectivity index (χ1n) is 14.0. The van der Waals surface area contributed by atoms with Crippen molar-refractivity contribution >= 4 is 15.8 Å². The molecule has 1 nitrogen and oxygen atoms in total. The Bertz CT molecular complexity index is 381. The molecule has 0 N–H and O–H groups in total. The normalized spacial score (nSPS) is 26.8. The van der Waals surface area contributed by atoms with Crippen molar-refractivity contribution in [2.45, 2.75) is 151 Å². The summed E-state index contributed by atoms with van der Waals surface area (Å²) in [6.45, 7) is 0. The number of rotatable bonds is 8. The topological polar surface area (TPSA) is 3.24 Å². The Labute approximate surface area is 191 Å². The van der Waals surface area contributed by atoms with Crippen molar-refractivity contribution in [3.05, 3.63) is 0 Å². The van der Waals surface area contributed by atoms with Crippen LogP contribution in [0, 0.1) is 0 Å². The van der Waals surface area contributed by atoms with Crippen LogP contribution in [0.5, 0.6) is 0 Å². The second kappa shape index (κ2) is 12.9. The first-order chi connectivity index (χ1) is 14.8. The average molecular weight is 452 g/mol. The van der Waals surface area contributed by atoms with E-state index in [2.05, 4.69) is 11.9 Å². The molecule has 4 rings (SSSR count). The van der Waals surface area contributed by atoms with Crippen molar-refractivity contribution in [3.8, 4) is 0 Å². The van der Waals surface area contributed by atoms with Crippen LogP contribution in [0.15, 0.2) is 0 Å². The SMILES string of the molecule is CN(CP(C1CCCCC1)C1CCCCC1)CP(C1CCCCC1)C1CCCCC1. The van der Waals surface area contributed by atoms with Gasteiger partial charge >= 0.3 is 0 Å². The molecule has 0 bridgehead atoms. The van der Waals surface area contributed by atoms with E-state index in [1.807, 2.05) is 0 Å². The van der Waals surface area contributed by atoms with Crippen molar-refractivity contribution in [1.82, 2.24) is 4.90 Å². The second-order valence-electron chi connectivity index (χ2n) is 11.3. The highest BCUT2D eigenvalue weighted by Crippen LogP contribution is 2.59. The molecule has 0 radical (unpaired) electrons. The summed E-state index contributed by atoms with van der Waals surface area (Å²) in [5, 5.41) is 0. The molecule has 4 saturated carbocycles. The molecule has 174 valence electrons. The lowest BCUT2D eigenvalue weighted by atomic mass is 9.99. The highest BCUT2D eigenvalue weighted by molar-refractivity contribution is 7.60. The van der Waals surface area contributed by atoms with Gasteiger partial charge in [0.15, 0.2) is 0 Å². The fourth-order valence-corrected chi connectivity index (χ4v) is 15.0. The lowest BCUT2D eigenvalue weighted by Crippen LogP contribution is -2.32. The van der Waals surface area contributed by atoms with Gasteiger partial charge in [0, 0.05) is 12.6 Å². The summed E-state index contributed by atoms with van der Waals surface area (Å²) in [6, 6.07) is 0. The number of nitrogens with zero attached hydrogens (tertiary/aromatic N) is 1. The molecule has 0 atom stereocenters. The van der Waals surface area contributed by atoms with Crippen molar-refractivity contribution in [2.24, 2.45) is 0 Å². The summed E-state index contributed by atoms with van der Waals surface area (Å²) >= 11 is 0. The summed E-state index contributed by atoms with van der Waals surface area (Å²) < 4.78 is 0. The van der Waals surface area contributed by atoms with Crippen molar-refractivity contribution in [2.75, 3.05) is 19.6 Å². The van der Waals surface area contributed by atoms with Gasteiger partial charge in [-0.25, -0.2) is 0 Å². The molecule has 30 heavy (non-hydrogen) atoms. The van der Waals surface area contributed by atoms with Gasteiger partial charge < -0.3 is 0 Å². The Morgan fingerprint density at radius 3 is 0.900 bits per heavy atom. The molecular weight excluding hydrogens is 400 g/mol. The zero-order chi connectivity index (χ0) is 20.6. The summed E-state index contributed by atoms with van der Waals surface area (Å²) in [5.74, 6) is 0. The Morgan fingerprint density at radius 2 is 0.667 bits per heavy atom. The third-order valence-corrected chi connectivity index (χ3v) is 16.4. The first-order valence-corrected chi connectivity index (χ1v) is 17.3. The molecule has 3 heteroatoms. The molecule has 0 aromatic heterocycles. The Balaban J connectivity index is 1.40. The molecule has 0 amide bonds. The van der Waals surface area contributed by atoms with Crippen molar-refractivity contribution in [3.63, 3.8) is 0 Å². The van der Waals surface area contributed by atoms with E-state index in [0.717, 1.165) is 22.6 Å². The van der Waals surface area contributed by atoms with Gasteiger partial charge in [-0.3, -0.25) is 4.90 Å². The molecular formula is C27H51NP2. The van der Waals surface area contributed by atoms with Crippen molar-refractivity contribution in [1.29, 1.82) is 0 Å². The lowest BCUT2D eigenvalue weighted by Gasteiger charge is -2.43. The quantitative estimate of drug-likeness (QED) is 0.333. The van der Waals surface area contributed by atoms with Gasteiger partial charge in [-0.1, -0.05) is 92.9 Å². The zero-order valence-electron chi connectivity index (χ0n) is 20.2. The van der Waals surface area contributed by atoms with E-state index in [-0.39, 0.29) is 15.8 Å². The van der Waals surface area contributed by atoms with Gasteiger partial charge in [0.1, 0.15) is 0 Å². The highest BCUT2D eigenvalue weighted by Gasteiger charge is 2.35. The van der Waals surface area contributed by atoms with Gasteiger partial charge in [0.25, 0.3) is 0 Å². The Kier molecular flexibility index (Phi) is 10.3. The summed E-state index contributed by atoms with van der Waals surface area (Å²) in [4.78, 5) is 2.93. The Morgan fingerprint density at radius 1 is 0.433 bits per heavy atom. The van der Waals surface area contributed by atoms with Gasteiger partial charge in [-0.2, -0.15) is 0 Å². The molecule has 0 aromatic rings. The molecule has 0 heterocycles. The van der Waals surface area contributed by atoms with E-state index in [4.69, 9.17) is 0 Å². The van der Waals surface area contributed by atoms with E-state index in [1.54, 1.807) is 51.4 Å². The van der Waals surface area contributed by atoms with E-state index < -0.39 is 0 Å². The van der Waals surface area contributed by atoms with Crippen LogP contribution in [0.1, 0.15) is 128 Å². The molecule has 4 aliphatic rings. The minimum atomic E-state index is 0.234. The van der Waals surface area contributed by atoms with E-state index >= 15 is 0 Å². The maximum Gasteiger partial charge on any atom is 0.0189 e. The van der Waals surface area contributed by atoms with Crippen LogP contribution in [-0.4, -0.2) is 47.2 Å². The standard InChI is InChI=1S/C27H51NP2/c1-28(22-29(24-14-6-2-7-15-24)25-16-8-3-9-17-25)23-30(26-18-10-4-11-19-26)27-20-12-5-13-21-27/h24-27H,2-23H2,1H3. The largest absolute Gasteiger partial charge is 0.298 e.